The summed E-state index contributed by atoms with van der Waals surface area (Å²) in [6.07, 6.45) is 6.20. The molecule has 4 nitrogen and oxygen atoms in total. The van der Waals surface area contributed by atoms with Gasteiger partial charge in [-0.1, -0.05) is 25.0 Å². The summed E-state index contributed by atoms with van der Waals surface area (Å²) < 4.78 is 5.39. The summed E-state index contributed by atoms with van der Waals surface area (Å²) in [4.78, 5) is 15.5. The van der Waals surface area contributed by atoms with Crippen LogP contribution in [-0.4, -0.2) is 37.0 Å². The minimum Gasteiger partial charge on any atom is -0.497 e. The van der Waals surface area contributed by atoms with Crippen LogP contribution in [0, 0.1) is 5.92 Å². The lowest BCUT2D eigenvalue weighted by Gasteiger charge is -2.39. The number of likely N-dealkylation sites (tertiary alicyclic amines) is 1. The molecule has 1 unspecified atom stereocenters. The van der Waals surface area contributed by atoms with E-state index in [0.29, 0.717) is 11.8 Å². The second kappa shape index (κ2) is 7.14. The highest BCUT2D eigenvalue weighted by Gasteiger charge is 2.45. The minimum absolute atomic E-state index is 0.223. The predicted octanol–water partition coefficient (Wildman–Crippen LogP) is 3.09. The number of nitrogens with two attached hydrogens (primary N) is 1. The molecule has 1 amide bonds. The van der Waals surface area contributed by atoms with Gasteiger partial charge in [-0.15, -0.1) is 0 Å². The number of carbonyl (C=O) groups is 1. The smallest absolute Gasteiger partial charge is 0.233 e. The third-order valence-corrected chi connectivity index (χ3v) is 6.06. The number of hydrogen-bond donors (Lipinski definition) is 1. The Morgan fingerprint density at radius 3 is 2.54 bits per heavy atom. The molecule has 2 fully saturated rings. The summed E-state index contributed by atoms with van der Waals surface area (Å²) in [5.74, 6) is 1.70. The fourth-order valence-electron chi connectivity index (χ4n) is 4.46. The van der Waals surface area contributed by atoms with Gasteiger partial charge in [-0.2, -0.15) is 0 Å². The average Bonchev–Trinajstić information content (AvgIpc) is 3.12. The van der Waals surface area contributed by atoms with E-state index in [4.69, 9.17) is 10.5 Å². The maximum absolute atomic E-state index is 13.5. The molecule has 1 atom stereocenters. The van der Waals surface area contributed by atoms with Crippen molar-refractivity contribution < 1.29 is 9.53 Å². The summed E-state index contributed by atoms with van der Waals surface area (Å²) in [6.45, 7) is 3.77. The van der Waals surface area contributed by atoms with Crippen LogP contribution >= 0.6 is 0 Å². The second-order valence-electron chi connectivity index (χ2n) is 7.51. The van der Waals surface area contributed by atoms with Crippen LogP contribution in [0.15, 0.2) is 24.3 Å². The largest absolute Gasteiger partial charge is 0.497 e. The monoisotopic (exact) mass is 330 g/mol. The lowest BCUT2D eigenvalue weighted by molar-refractivity contribution is -0.138. The van der Waals surface area contributed by atoms with E-state index in [2.05, 4.69) is 24.0 Å². The Kier molecular flexibility index (Phi) is 5.14. The Bertz CT molecular complexity index is 571. The van der Waals surface area contributed by atoms with Crippen LogP contribution in [0.1, 0.15) is 51.0 Å². The zero-order valence-corrected chi connectivity index (χ0v) is 15.0. The van der Waals surface area contributed by atoms with Crippen molar-refractivity contribution in [2.24, 2.45) is 11.7 Å². The van der Waals surface area contributed by atoms with E-state index in [-0.39, 0.29) is 11.5 Å². The molecule has 1 aromatic rings. The molecular weight excluding hydrogens is 300 g/mol. The zero-order valence-electron chi connectivity index (χ0n) is 15.0. The fourth-order valence-corrected chi connectivity index (χ4v) is 4.46. The lowest BCUT2D eigenvalue weighted by atomic mass is 9.76. The first-order valence-corrected chi connectivity index (χ1v) is 9.26. The standard InChI is InChI=1S/C20H30N2O2/c1-15(21)16-8-12-22(13-9-16)19(23)20(10-3-4-11-20)17-6-5-7-18(14-17)24-2/h5-7,14-16H,3-4,8-13,21H2,1-2H3. The molecule has 132 valence electrons. The SMILES string of the molecule is COc1cccc(C2(C(=O)N3CCC(C(C)N)CC3)CCCC2)c1. The highest BCUT2D eigenvalue weighted by molar-refractivity contribution is 5.89. The van der Waals surface area contributed by atoms with Gasteiger partial charge in [-0.25, -0.2) is 0 Å². The maximum atomic E-state index is 13.5. The van der Waals surface area contributed by atoms with Gasteiger partial charge in [0.05, 0.1) is 12.5 Å². The maximum Gasteiger partial charge on any atom is 0.233 e. The number of nitrogens with zero attached hydrogens (tertiary/aromatic N) is 1. The van der Waals surface area contributed by atoms with E-state index in [1.807, 2.05) is 12.1 Å². The number of amides is 1. The molecular formula is C20H30N2O2. The van der Waals surface area contributed by atoms with Gasteiger partial charge < -0.3 is 15.4 Å². The molecule has 1 saturated heterocycles. The van der Waals surface area contributed by atoms with Gasteiger partial charge in [0.25, 0.3) is 0 Å². The van der Waals surface area contributed by atoms with Crippen LogP contribution in [0.25, 0.3) is 0 Å². The predicted molar refractivity (Wildman–Crippen MR) is 96.1 cm³/mol. The molecule has 0 radical (unpaired) electrons. The fraction of sp³-hybridized carbons (Fsp3) is 0.650. The molecule has 1 aromatic carbocycles. The summed E-state index contributed by atoms with van der Waals surface area (Å²) >= 11 is 0. The van der Waals surface area contributed by atoms with Crippen molar-refractivity contribution in [1.29, 1.82) is 0 Å². The number of hydrogen-bond acceptors (Lipinski definition) is 3. The highest BCUT2D eigenvalue weighted by atomic mass is 16.5. The summed E-state index contributed by atoms with van der Waals surface area (Å²) in [5, 5.41) is 0. The van der Waals surface area contributed by atoms with Crippen LogP contribution in [-0.2, 0) is 10.2 Å². The van der Waals surface area contributed by atoms with Crippen molar-refractivity contribution in [2.75, 3.05) is 20.2 Å². The van der Waals surface area contributed by atoms with Crippen molar-refractivity contribution in [3.05, 3.63) is 29.8 Å². The van der Waals surface area contributed by atoms with Crippen LogP contribution < -0.4 is 10.5 Å². The van der Waals surface area contributed by atoms with Crippen LogP contribution in [0.5, 0.6) is 5.75 Å². The van der Waals surface area contributed by atoms with Gasteiger partial charge in [-0.3, -0.25) is 4.79 Å². The number of methoxy groups -OCH3 is 1. The Hall–Kier alpha value is -1.55. The Morgan fingerprint density at radius 1 is 1.29 bits per heavy atom. The molecule has 1 aliphatic heterocycles. The molecule has 2 aliphatic rings. The molecule has 1 saturated carbocycles. The molecule has 1 aliphatic carbocycles. The lowest BCUT2D eigenvalue weighted by Crippen LogP contribution is -2.50. The molecule has 3 rings (SSSR count). The molecule has 0 aromatic heterocycles. The third-order valence-electron chi connectivity index (χ3n) is 6.06. The van der Waals surface area contributed by atoms with Gasteiger partial charge >= 0.3 is 0 Å². The van der Waals surface area contributed by atoms with E-state index in [1.54, 1.807) is 7.11 Å². The van der Waals surface area contributed by atoms with Crippen molar-refractivity contribution >= 4 is 5.91 Å². The van der Waals surface area contributed by atoms with E-state index in [1.165, 1.54) is 0 Å². The summed E-state index contributed by atoms with van der Waals surface area (Å²) in [6, 6.07) is 8.33. The Morgan fingerprint density at radius 2 is 1.96 bits per heavy atom. The Balaban J connectivity index is 1.81. The number of benzene rings is 1. The van der Waals surface area contributed by atoms with Crippen molar-refractivity contribution in [2.45, 2.75) is 56.9 Å². The summed E-state index contributed by atoms with van der Waals surface area (Å²) in [7, 11) is 1.68. The average molecular weight is 330 g/mol. The van der Waals surface area contributed by atoms with Gasteiger partial charge in [0.2, 0.25) is 5.91 Å². The number of piperidine rings is 1. The first kappa shape index (κ1) is 17.3. The van der Waals surface area contributed by atoms with Gasteiger partial charge in [0.15, 0.2) is 0 Å². The van der Waals surface area contributed by atoms with E-state index >= 15 is 0 Å². The van der Waals surface area contributed by atoms with Gasteiger partial charge in [0, 0.05) is 19.1 Å². The molecule has 2 N–H and O–H groups in total. The van der Waals surface area contributed by atoms with Crippen LogP contribution in [0.3, 0.4) is 0 Å². The Labute approximate surface area is 145 Å². The zero-order chi connectivity index (χ0) is 17.2. The van der Waals surface area contributed by atoms with Crippen molar-refractivity contribution in [3.8, 4) is 5.75 Å². The molecule has 4 heteroatoms. The summed E-state index contributed by atoms with van der Waals surface area (Å²) in [5.41, 5.74) is 6.81. The number of carbonyl (C=O) groups excluding carboxylic acids is 1. The topological polar surface area (TPSA) is 55.6 Å². The first-order valence-electron chi connectivity index (χ1n) is 9.26. The van der Waals surface area contributed by atoms with Gasteiger partial charge in [-0.05, 0) is 56.2 Å². The normalized spacial score (nSPS) is 22.4. The minimum atomic E-state index is -0.351. The van der Waals surface area contributed by atoms with Crippen molar-refractivity contribution in [1.82, 2.24) is 4.90 Å². The quantitative estimate of drug-likeness (QED) is 0.923. The number of rotatable bonds is 4. The van der Waals surface area contributed by atoms with E-state index in [0.717, 1.165) is 62.9 Å². The van der Waals surface area contributed by atoms with E-state index < -0.39 is 0 Å². The molecule has 1 heterocycles. The molecule has 24 heavy (non-hydrogen) atoms. The molecule has 0 bridgehead atoms. The van der Waals surface area contributed by atoms with Crippen LogP contribution in [0.4, 0.5) is 0 Å². The van der Waals surface area contributed by atoms with Crippen molar-refractivity contribution in [3.63, 3.8) is 0 Å². The number of ether oxygens (including phenoxy) is 1. The highest BCUT2D eigenvalue weighted by Crippen LogP contribution is 2.44. The third kappa shape index (κ3) is 3.16. The van der Waals surface area contributed by atoms with E-state index in [9.17, 15) is 4.79 Å². The van der Waals surface area contributed by atoms with Gasteiger partial charge in [0.1, 0.15) is 5.75 Å². The molecule has 0 spiro atoms. The van der Waals surface area contributed by atoms with Crippen LogP contribution in [0.2, 0.25) is 0 Å². The second-order valence-corrected chi connectivity index (χ2v) is 7.51. The first-order chi connectivity index (χ1) is 11.6.